The summed E-state index contributed by atoms with van der Waals surface area (Å²) in [4.78, 5) is 45.0. The molecule has 1 unspecified atom stereocenters. The van der Waals surface area contributed by atoms with Gasteiger partial charge in [0.2, 0.25) is 5.91 Å². The number of hydrogen-bond acceptors (Lipinski definition) is 5. The van der Waals surface area contributed by atoms with Crippen molar-refractivity contribution in [2.24, 2.45) is 10.9 Å². The highest BCUT2D eigenvalue weighted by Crippen LogP contribution is 2.21. The van der Waals surface area contributed by atoms with Crippen LogP contribution in [0.15, 0.2) is 35.3 Å². The number of likely N-dealkylation sites (tertiary alicyclic amines) is 1. The first-order valence-corrected chi connectivity index (χ1v) is 9.05. The molecule has 2 saturated heterocycles. The summed E-state index contributed by atoms with van der Waals surface area (Å²) in [6.45, 7) is 5.20. The molecule has 1 atom stereocenters. The summed E-state index contributed by atoms with van der Waals surface area (Å²) >= 11 is 0. The second kappa shape index (κ2) is 8.23. The minimum atomic E-state index is -1.06. The first-order chi connectivity index (χ1) is 12.6. The van der Waals surface area contributed by atoms with E-state index in [4.69, 9.17) is 0 Å². The standard InChI is InChI=1S/C19H24N4O3/c1-14(20-10-13-22-11-6-3-7-12-22)16-17(24)21-19(26)23(18(16)25)15-8-4-2-5-9-15/h2,4-5,8-9,16H,3,6-7,10-13H2,1H3,(H,21,24,26). The normalized spacial score (nSPS) is 22.5. The van der Waals surface area contributed by atoms with E-state index in [0.29, 0.717) is 17.9 Å². The molecule has 0 saturated carbocycles. The average molecular weight is 356 g/mol. The Morgan fingerprint density at radius 2 is 1.81 bits per heavy atom. The Hall–Kier alpha value is -2.54. The van der Waals surface area contributed by atoms with Gasteiger partial charge >= 0.3 is 6.03 Å². The van der Waals surface area contributed by atoms with Gasteiger partial charge in [-0.15, -0.1) is 0 Å². The van der Waals surface area contributed by atoms with E-state index in [-0.39, 0.29) is 0 Å². The van der Waals surface area contributed by atoms with Crippen LogP contribution in [-0.2, 0) is 9.59 Å². The zero-order chi connectivity index (χ0) is 18.5. The van der Waals surface area contributed by atoms with E-state index in [2.05, 4.69) is 15.2 Å². The van der Waals surface area contributed by atoms with Crippen molar-refractivity contribution < 1.29 is 14.4 Å². The molecule has 4 amide bonds. The summed E-state index contributed by atoms with van der Waals surface area (Å²) in [5.74, 6) is -2.22. The summed E-state index contributed by atoms with van der Waals surface area (Å²) in [6, 6.07) is 7.87. The van der Waals surface area contributed by atoms with E-state index in [1.165, 1.54) is 19.3 Å². The molecule has 0 aromatic heterocycles. The molecule has 2 fully saturated rings. The molecule has 1 N–H and O–H groups in total. The summed E-state index contributed by atoms with van der Waals surface area (Å²) in [5, 5.41) is 2.27. The quantitative estimate of drug-likeness (QED) is 0.645. The molecular formula is C19H24N4O3. The van der Waals surface area contributed by atoms with Gasteiger partial charge in [-0.05, 0) is 45.0 Å². The van der Waals surface area contributed by atoms with E-state index in [9.17, 15) is 14.4 Å². The molecule has 1 aromatic carbocycles. The van der Waals surface area contributed by atoms with Crippen LogP contribution in [0.3, 0.4) is 0 Å². The van der Waals surface area contributed by atoms with Gasteiger partial charge in [0.25, 0.3) is 5.91 Å². The minimum absolute atomic E-state index is 0.439. The largest absolute Gasteiger partial charge is 0.335 e. The van der Waals surface area contributed by atoms with Crippen molar-refractivity contribution in [1.29, 1.82) is 0 Å². The third kappa shape index (κ3) is 3.99. The number of amides is 4. The van der Waals surface area contributed by atoms with Gasteiger partial charge in [0.1, 0.15) is 0 Å². The van der Waals surface area contributed by atoms with Crippen molar-refractivity contribution in [3.63, 3.8) is 0 Å². The Bertz CT molecular complexity index is 711. The number of carbonyl (C=O) groups is 3. The van der Waals surface area contributed by atoms with Gasteiger partial charge in [0.15, 0.2) is 5.92 Å². The fourth-order valence-electron chi connectivity index (χ4n) is 3.41. The van der Waals surface area contributed by atoms with E-state index < -0.39 is 23.8 Å². The lowest BCUT2D eigenvalue weighted by Crippen LogP contribution is -2.60. The third-order valence-electron chi connectivity index (χ3n) is 4.82. The zero-order valence-electron chi connectivity index (χ0n) is 15.0. The number of carbonyl (C=O) groups excluding carboxylic acids is 3. The number of imide groups is 2. The maximum absolute atomic E-state index is 12.8. The van der Waals surface area contributed by atoms with Gasteiger partial charge in [-0.1, -0.05) is 24.6 Å². The fourth-order valence-corrected chi connectivity index (χ4v) is 3.41. The van der Waals surface area contributed by atoms with Gasteiger partial charge in [-0.2, -0.15) is 0 Å². The molecule has 0 radical (unpaired) electrons. The molecule has 3 rings (SSSR count). The lowest BCUT2D eigenvalue weighted by atomic mass is 9.99. The molecule has 2 aliphatic heterocycles. The van der Waals surface area contributed by atoms with E-state index >= 15 is 0 Å². The number of nitrogens with one attached hydrogen (secondary N) is 1. The van der Waals surface area contributed by atoms with Crippen LogP contribution in [0.4, 0.5) is 10.5 Å². The smallest absolute Gasteiger partial charge is 0.301 e. The Labute approximate surface area is 153 Å². The Morgan fingerprint density at radius 1 is 1.12 bits per heavy atom. The van der Waals surface area contributed by atoms with Gasteiger partial charge in [0, 0.05) is 12.3 Å². The van der Waals surface area contributed by atoms with Crippen LogP contribution >= 0.6 is 0 Å². The van der Waals surface area contributed by atoms with Crippen molar-refractivity contribution >= 4 is 29.2 Å². The number of nitrogens with zero attached hydrogens (tertiary/aromatic N) is 3. The monoisotopic (exact) mass is 356 g/mol. The molecule has 0 spiro atoms. The van der Waals surface area contributed by atoms with Crippen LogP contribution in [0.1, 0.15) is 26.2 Å². The number of anilines is 1. The second-order valence-corrected chi connectivity index (χ2v) is 6.66. The molecule has 7 heteroatoms. The third-order valence-corrected chi connectivity index (χ3v) is 4.82. The van der Waals surface area contributed by atoms with E-state index in [1.54, 1.807) is 37.3 Å². The van der Waals surface area contributed by atoms with Crippen molar-refractivity contribution in [3.8, 4) is 0 Å². The van der Waals surface area contributed by atoms with Crippen molar-refractivity contribution in [2.75, 3.05) is 31.1 Å². The fraction of sp³-hybridized carbons (Fsp3) is 0.474. The Balaban J connectivity index is 1.70. The summed E-state index contributed by atoms with van der Waals surface area (Å²) < 4.78 is 0. The average Bonchev–Trinajstić information content (AvgIpc) is 2.63. The summed E-state index contributed by atoms with van der Waals surface area (Å²) in [5.41, 5.74) is 0.881. The van der Waals surface area contributed by atoms with Crippen LogP contribution in [0.5, 0.6) is 0 Å². The first-order valence-electron chi connectivity index (χ1n) is 9.05. The predicted molar refractivity (Wildman–Crippen MR) is 99.2 cm³/mol. The highest BCUT2D eigenvalue weighted by atomic mass is 16.2. The predicted octanol–water partition coefficient (Wildman–Crippen LogP) is 1.83. The maximum atomic E-state index is 12.8. The molecule has 2 heterocycles. The van der Waals surface area contributed by atoms with Crippen molar-refractivity contribution in [3.05, 3.63) is 30.3 Å². The maximum Gasteiger partial charge on any atom is 0.335 e. The van der Waals surface area contributed by atoms with Crippen LogP contribution in [-0.4, -0.2) is 54.6 Å². The number of barbiturate groups is 1. The molecule has 2 aliphatic rings. The highest BCUT2D eigenvalue weighted by Gasteiger charge is 2.42. The Kier molecular flexibility index (Phi) is 5.78. The number of piperidine rings is 1. The van der Waals surface area contributed by atoms with Crippen LogP contribution in [0.25, 0.3) is 0 Å². The summed E-state index contributed by atoms with van der Waals surface area (Å²) in [6.07, 6.45) is 3.69. The van der Waals surface area contributed by atoms with E-state index in [0.717, 1.165) is 24.5 Å². The number of benzene rings is 1. The van der Waals surface area contributed by atoms with E-state index in [1.807, 2.05) is 0 Å². The second-order valence-electron chi connectivity index (χ2n) is 6.66. The number of rotatable bonds is 5. The van der Waals surface area contributed by atoms with Crippen LogP contribution < -0.4 is 10.2 Å². The molecule has 7 nitrogen and oxygen atoms in total. The van der Waals surface area contributed by atoms with Crippen LogP contribution in [0.2, 0.25) is 0 Å². The number of urea groups is 1. The van der Waals surface area contributed by atoms with Gasteiger partial charge < -0.3 is 4.90 Å². The van der Waals surface area contributed by atoms with Crippen LogP contribution in [0, 0.1) is 5.92 Å². The van der Waals surface area contributed by atoms with Gasteiger partial charge in [-0.3, -0.25) is 19.9 Å². The molecule has 26 heavy (non-hydrogen) atoms. The van der Waals surface area contributed by atoms with Gasteiger partial charge in [-0.25, -0.2) is 9.69 Å². The summed E-state index contributed by atoms with van der Waals surface area (Å²) in [7, 11) is 0. The molecule has 1 aromatic rings. The molecular weight excluding hydrogens is 332 g/mol. The number of para-hydroxylation sites is 1. The highest BCUT2D eigenvalue weighted by molar-refractivity contribution is 6.35. The molecule has 0 bridgehead atoms. The molecule has 138 valence electrons. The lowest BCUT2D eigenvalue weighted by Gasteiger charge is -2.30. The topological polar surface area (TPSA) is 82.1 Å². The molecule has 0 aliphatic carbocycles. The van der Waals surface area contributed by atoms with Crippen molar-refractivity contribution in [1.82, 2.24) is 10.2 Å². The number of hydrogen-bond donors (Lipinski definition) is 1. The SMILES string of the molecule is CC(=NCCN1CCCCC1)C1C(=O)NC(=O)N(c2ccccc2)C1=O. The van der Waals surface area contributed by atoms with Gasteiger partial charge in [0.05, 0.1) is 12.2 Å². The Morgan fingerprint density at radius 3 is 2.50 bits per heavy atom. The minimum Gasteiger partial charge on any atom is -0.301 e. The zero-order valence-corrected chi connectivity index (χ0v) is 15.0. The number of aliphatic imine (C=N–C) groups is 1. The lowest BCUT2D eigenvalue weighted by molar-refractivity contribution is -0.131. The van der Waals surface area contributed by atoms with Crippen molar-refractivity contribution in [2.45, 2.75) is 26.2 Å². The first kappa shape index (κ1) is 18.3.